The Labute approximate surface area is 180 Å². The molecule has 0 radical (unpaired) electrons. The van der Waals surface area contributed by atoms with Gasteiger partial charge in [-0.05, 0) is 50.4 Å². The van der Waals surface area contributed by atoms with Gasteiger partial charge in [0.15, 0.2) is 5.96 Å². The lowest BCUT2D eigenvalue weighted by molar-refractivity contribution is 0.198. The minimum atomic E-state index is -0.281. The monoisotopic (exact) mass is 492 g/mol. The van der Waals surface area contributed by atoms with Crippen LogP contribution < -0.4 is 15.4 Å². The number of ether oxygens (including phenoxy) is 1. The number of hydrogen-bond acceptors (Lipinski definition) is 3. The summed E-state index contributed by atoms with van der Waals surface area (Å²) in [4.78, 5) is 6.83. The molecule has 154 valence electrons. The molecule has 2 N–H and O–H groups in total. The fraction of sp³-hybridized carbons (Fsp3) is 0.650. The van der Waals surface area contributed by atoms with Gasteiger partial charge >= 0.3 is 0 Å². The Hall–Kier alpha value is -1.09. The van der Waals surface area contributed by atoms with Gasteiger partial charge in [-0.15, -0.1) is 24.0 Å². The van der Waals surface area contributed by atoms with Crippen LogP contribution in [0.2, 0.25) is 0 Å². The van der Waals surface area contributed by atoms with Gasteiger partial charge in [-0.25, -0.2) is 4.39 Å². The van der Waals surface area contributed by atoms with Crippen LogP contribution >= 0.6 is 24.0 Å². The summed E-state index contributed by atoms with van der Waals surface area (Å²) < 4.78 is 19.2. The summed E-state index contributed by atoms with van der Waals surface area (Å²) >= 11 is 0. The molecular weight excluding hydrogens is 458 g/mol. The van der Waals surface area contributed by atoms with Crippen LogP contribution in [0.1, 0.15) is 33.1 Å². The van der Waals surface area contributed by atoms with E-state index in [2.05, 4.69) is 34.4 Å². The van der Waals surface area contributed by atoms with Crippen molar-refractivity contribution in [1.82, 2.24) is 15.5 Å². The summed E-state index contributed by atoms with van der Waals surface area (Å²) in [5, 5.41) is 6.75. The van der Waals surface area contributed by atoms with Gasteiger partial charge in [0.25, 0.3) is 0 Å². The van der Waals surface area contributed by atoms with Crippen molar-refractivity contribution in [2.75, 3.05) is 39.8 Å². The van der Waals surface area contributed by atoms with Crippen molar-refractivity contribution in [3.8, 4) is 5.75 Å². The summed E-state index contributed by atoms with van der Waals surface area (Å²) in [7, 11) is 1.78. The first-order chi connectivity index (χ1) is 12.6. The van der Waals surface area contributed by atoms with Gasteiger partial charge < -0.3 is 20.3 Å². The van der Waals surface area contributed by atoms with Crippen LogP contribution in [0, 0.1) is 11.7 Å². The van der Waals surface area contributed by atoms with Crippen LogP contribution in [0.4, 0.5) is 4.39 Å². The largest absolute Gasteiger partial charge is 0.489 e. The number of benzene rings is 1. The topological polar surface area (TPSA) is 48.9 Å². The number of nitrogens with one attached hydrogen (secondary N) is 2. The molecular formula is C20H34FIN4O. The molecule has 0 bridgehead atoms. The zero-order chi connectivity index (χ0) is 18.8. The highest BCUT2D eigenvalue weighted by molar-refractivity contribution is 14.0. The molecule has 2 unspecified atom stereocenters. The highest BCUT2D eigenvalue weighted by Crippen LogP contribution is 2.16. The quantitative estimate of drug-likeness (QED) is 0.315. The van der Waals surface area contributed by atoms with E-state index in [0.29, 0.717) is 18.2 Å². The molecule has 1 aliphatic rings. The Balaban J connectivity index is 0.00000364. The van der Waals surface area contributed by atoms with Crippen molar-refractivity contribution >= 4 is 29.9 Å². The van der Waals surface area contributed by atoms with Gasteiger partial charge in [-0.3, -0.25) is 4.99 Å². The fourth-order valence-corrected chi connectivity index (χ4v) is 3.27. The van der Waals surface area contributed by atoms with Crippen molar-refractivity contribution in [3.63, 3.8) is 0 Å². The maximum absolute atomic E-state index is 13.3. The highest BCUT2D eigenvalue weighted by Gasteiger charge is 2.21. The van der Waals surface area contributed by atoms with Crippen LogP contribution in [-0.4, -0.2) is 56.7 Å². The molecule has 7 heteroatoms. The van der Waals surface area contributed by atoms with Gasteiger partial charge in [0.05, 0.1) is 6.54 Å². The van der Waals surface area contributed by atoms with Gasteiger partial charge in [-0.2, -0.15) is 0 Å². The Morgan fingerprint density at radius 3 is 2.85 bits per heavy atom. The molecule has 2 atom stereocenters. The van der Waals surface area contributed by atoms with E-state index >= 15 is 0 Å². The first-order valence-electron chi connectivity index (χ1n) is 9.73. The molecule has 0 spiro atoms. The zero-order valence-corrected chi connectivity index (χ0v) is 19.0. The minimum Gasteiger partial charge on any atom is -0.489 e. The Morgan fingerprint density at radius 1 is 1.37 bits per heavy atom. The molecule has 27 heavy (non-hydrogen) atoms. The van der Waals surface area contributed by atoms with Crippen molar-refractivity contribution < 1.29 is 9.13 Å². The smallest absolute Gasteiger partial charge is 0.191 e. The van der Waals surface area contributed by atoms with E-state index in [0.717, 1.165) is 25.5 Å². The standard InChI is InChI=1S/C20H33FN4O.HI/c1-4-10-25-11-9-16(15-25)13-23-20(22-3)24-14-18(5-2)26-19-8-6-7-17(21)12-19;/h6-8,12,16,18H,4-5,9-11,13-15H2,1-3H3,(H2,22,23,24);1H. The lowest BCUT2D eigenvalue weighted by atomic mass is 10.1. The first kappa shape index (κ1) is 23.9. The Morgan fingerprint density at radius 2 is 2.19 bits per heavy atom. The second kappa shape index (κ2) is 13.1. The molecule has 0 amide bonds. The molecule has 1 heterocycles. The van der Waals surface area contributed by atoms with Gasteiger partial charge in [0, 0.05) is 26.2 Å². The van der Waals surface area contributed by atoms with E-state index in [1.54, 1.807) is 19.2 Å². The average molecular weight is 492 g/mol. The van der Waals surface area contributed by atoms with Crippen molar-refractivity contribution in [2.24, 2.45) is 10.9 Å². The van der Waals surface area contributed by atoms with E-state index in [1.165, 1.54) is 38.1 Å². The third kappa shape index (κ3) is 8.64. The normalized spacial score (nSPS) is 18.7. The maximum atomic E-state index is 13.3. The summed E-state index contributed by atoms with van der Waals surface area (Å²) in [6.07, 6.45) is 3.24. The highest BCUT2D eigenvalue weighted by atomic mass is 127. The average Bonchev–Trinajstić information content (AvgIpc) is 3.08. The third-order valence-electron chi connectivity index (χ3n) is 4.74. The molecule has 0 aromatic heterocycles. The van der Waals surface area contributed by atoms with E-state index in [1.807, 2.05) is 0 Å². The fourth-order valence-electron chi connectivity index (χ4n) is 3.27. The number of rotatable bonds is 9. The zero-order valence-electron chi connectivity index (χ0n) is 16.7. The number of guanidine groups is 1. The predicted octanol–water partition coefficient (Wildman–Crippen LogP) is 3.50. The second-order valence-corrected chi connectivity index (χ2v) is 6.89. The molecule has 1 saturated heterocycles. The van der Waals surface area contributed by atoms with Gasteiger partial charge in [-0.1, -0.05) is 19.9 Å². The predicted molar refractivity (Wildman–Crippen MR) is 121 cm³/mol. The Kier molecular flexibility index (Phi) is 11.7. The number of nitrogens with zero attached hydrogens (tertiary/aromatic N) is 2. The van der Waals surface area contributed by atoms with Crippen molar-refractivity contribution in [1.29, 1.82) is 0 Å². The maximum Gasteiger partial charge on any atom is 0.191 e. The van der Waals surface area contributed by atoms with Crippen LogP contribution in [0.15, 0.2) is 29.3 Å². The van der Waals surface area contributed by atoms with E-state index in [4.69, 9.17) is 4.74 Å². The van der Waals surface area contributed by atoms with Crippen LogP contribution in [-0.2, 0) is 0 Å². The molecule has 1 fully saturated rings. The number of halogens is 2. The molecule has 1 aliphatic heterocycles. The SMILES string of the molecule is CCCN1CCC(CNC(=NC)NCC(CC)Oc2cccc(F)c2)C1.I. The molecule has 1 aromatic carbocycles. The number of hydrogen-bond donors (Lipinski definition) is 2. The van der Waals surface area contributed by atoms with Gasteiger partial charge in [0.1, 0.15) is 17.7 Å². The van der Waals surface area contributed by atoms with E-state index in [9.17, 15) is 4.39 Å². The summed E-state index contributed by atoms with van der Waals surface area (Å²) in [5.41, 5.74) is 0. The Bertz CT molecular complexity index is 573. The molecule has 0 aliphatic carbocycles. The number of aliphatic imine (C=N–C) groups is 1. The molecule has 5 nitrogen and oxygen atoms in total. The van der Waals surface area contributed by atoms with E-state index < -0.39 is 0 Å². The van der Waals surface area contributed by atoms with Crippen LogP contribution in [0.3, 0.4) is 0 Å². The van der Waals surface area contributed by atoms with Crippen LogP contribution in [0.25, 0.3) is 0 Å². The minimum absolute atomic E-state index is 0. The lowest BCUT2D eigenvalue weighted by Gasteiger charge is -2.21. The van der Waals surface area contributed by atoms with Crippen molar-refractivity contribution in [2.45, 2.75) is 39.2 Å². The molecule has 2 rings (SSSR count). The summed E-state index contributed by atoms with van der Waals surface area (Å²) in [5.74, 6) is 1.74. The molecule has 0 saturated carbocycles. The third-order valence-corrected chi connectivity index (χ3v) is 4.74. The second-order valence-electron chi connectivity index (χ2n) is 6.89. The summed E-state index contributed by atoms with van der Waals surface area (Å²) in [6, 6.07) is 6.27. The molecule has 1 aromatic rings. The van der Waals surface area contributed by atoms with Gasteiger partial charge in [0.2, 0.25) is 0 Å². The lowest BCUT2D eigenvalue weighted by Crippen LogP contribution is -2.44. The van der Waals surface area contributed by atoms with E-state index in [-0.39, 0.29) is 35.9 Å². The van der Waals surface area contributed by atoms with Crippen molar-refractivity contribution in [3.05, 3.63) is 30.1 Å². The van der Waals surface area contributed by atoms with Crippen LogP contribution in [0.5, 0.6) is 5.75 Å². The summed E-state index contributed by atoms with van der Waals surface area (Å²) in [6.45, 7) is 9.40. The number of likely N-dealkylation sites (tertiary alicyclic amines) is 1. The first-order valence-corrected chi connectivity index (χ1v) is 9.73.